The number of nitrogens with one attached hydrogen (secondary N) is 1. The van der Waals surface area contributed by atoms with E-state index in [-0.39, 0.29) is 18.2 Å². The van der Waals surface area contributed by atoms with Crippen LogP contribution in [0.5, 0.6) is 0 Å². The summed E-state index contributed by atoms with van der Waals surface area (Å²) in [4.78, 5) is 25.2. The Balaban J connectivity index is 1.21. The third kappa shape index (κ3) is 4.81. The molecule has 0 spiro atoms. The predicted molar refractivity (Wildman–Crippen MR) is 147 cm³/mol. The molecule has 2 fully saturated rings. The zero-order valence-corrected chi connectivity index (χ0v) is 21.4. The average molecular weight is 521 g/mol. The van der Waals surface area contributed by atoms with Crippen molar-refractivity contribution in [2.75, 3.05) is 36.5 Å². The normalized spacial score (nSPS) is 19.3. The molecule has 1 atom stereocenters. The molecule has 0 radical (unpaired) electrons. The molecule has 2 aromatic carbocycles. The smallest absolute Gasteiger partial charge is 0.317 e. The molecule has 4 heterocycles. The largest absolute Gasteiger partial charge is 0.402 e. The molecule has 4 aromatic rings. The molecule has 9 nitrogen and oxygen atoms in total. The highest BCUT2D eigenvalue weighted by molar-refractivity contribution is 6.16. The van der Waals surface area contributed by atoms with Crippen LogP contribution in [-0.2, 0) is 16.0 Å². The van der Waals surface area contributed by atoms with Crippen LogP contribution in [0.3, 0.4) is 0 Å². The van der Waals surface area contributed by atoms with E-state index in [0.29, 0.717) is 30.7 Å². The highest BCUT2D eigenvalue weighted by atomic mass is 16.5. The summed E-state index contributed by atoms with van der Waals surface area (Å²) >= 11 is 0. The summed E-state index contributed by atoms with van der Waals surface area (Å²) in [7, 11) is 0. The van der Waals surface area contributed by atoms with E-state index in [0.717, 1.165) is 41.2 Å². The molecular weight excluding hydrogens is 492 g/mol. The van der Waals surface area contributed by atoms with Gasteiger partial charge in [-0.3, -0.25) is 9.79 Å². The van der Waals surface area contributed by atoms with E-state index in [1.807, 2.05) is 60.8 Å². The summed E-state index contributed by atoms with van der Waals surface area (Å²) in [6.07, 6.45) is 3.69. The van der Waals surface area contributed by atoms with E-state index in [9.17, 15) is 4.79 Å². The number of hydrogen-bond acceptors (Lipinski definition) is 9. The van der Waals surface area contributed by atoms with Gasteiger partial charge in [0, 0.05) is 36.8 Å². The maximum Gasteiger partial charge on any atom is 0.317 e. The fourth-order valence-electron chi connectivity index (χ4n) is 5.21. The van der Waals surface area contributed by atoms with E-state index in [1.165, 1.54) is 18.4 Å². The molecule has 7 rings (SSSR count). The number of rotatable bonds is 6. The summed E-state index contributed by atoms with van der Waals surface area (Å²) in [5, 5.41) is 11.6. The van der Waals surface area contributed by atoms with E-state index in [1.54, 1.807) is 0 Å². The van der Waals surface area contributed by atoms with Gasteiger partial charge in [-0.25, -0.2) is 4.98 Å². The monoisotopic (exact) mass is 520 g/mol. The highest BCUT2D eigenvalue weighted by Crippen LogP contribution is 2.42. The number of Topliss-reactive ketones (excluding diaryl/α,β-unsaturated/α-hetero) is 1. The zero-order chi connectivity index (χ0) is 26.2. The third-order valence-electron chi connectivity index (χ3n) is 7.42. The van der Waals surface area contributed by atoms with Crippen LogP contribution in [0.1, 0.15) is 41.0 Å². The minimum Gasteiger partial charge on any atom is -0.402 e. The topological polar surface area (TPSA) is 106 Å². The number of ether oxygens (including phenoxy) is 1. The lowest BCUT2D eigenvalue weighted by atomic mass is 9.96. The van der Waals surface area contributed by atoms with Crippen LogP contribution in [0.15, 0.2) is 76.3 Å². The van der Waals surface area contributed by atoms with Gasteiger partial charge in [-0.1, -0.05) is 59.7 Å². The van der Waals surface area contributed by atoms with Gasteiger partial charge >= 0.3 is 6.01 Å². The molecular formula is C30H28N6O3. The fraction of sp³-hybridized carbons (Fsp3) is 0.300. The van der Waals surface area contributed by atoms with Gasteiger partial charge in [0.25, 0.3) is 5.89 Å². The van der Waals surface area contributed by atoms with Crippen LogP contribution < -0.4 is 10.2 Å². The van der Waals surface area contributed by atoms with E-state index in [4.69, 9.17) is 19.1 Å². The second-order valence-electron chi connectivity index (χ2n) is 10.1. The summed E-state index contributed by atoms with van der Waals surface area (Å²) in [6, 6.07) is 20.1. The van der Waals surface area contributed by atoms with Crippen LogP contribution in [0.4, 0.5) is 11.7 Å². The Labute approximate surface area is 226 Å². The average Bonchev–Trinajstić information content (AvgIpc) is 3.76. The fourth-order valence-corrected chi connectivity index (χ4v) is 5.21. The number of nitrogens with zero attached hydrogens (tertiary/aromatic N) is 5. The minimum atomic E-state index is -0.871. The van der Waals surface area contributed by atoms with Crippen LogP contribution in [-0.4, -0.2) is 59.1 Å². The maximum atomic E-state index is 13.3. The van der Waals surface area contributed by atoms with Crippen molar-refractivity contribution < 1.29 is 13.9 Å². The first kappa shape index (κ1) is 23.7. The van der Waals surface area contributed by atoms with Crippen LogP contribution >= 0.6 is 0 Å². The van der Waals surface area contributed by atoms with Crippen molar-refractivity contribution in [3.8, 4) is 11.6 Å². The standard InChI is InChI=1S/C30H28N6O3/c37-25-17-21-8-4-5-9-23(21)26(20-6-2-1-3-7-20)32-28(25)33-30-35-34-29(39-30)27-24(36-12-14-38-15-13-36)16-22(18-31-27)19-10-11-19/h1-9,16,18-19,28H,10-15,17H2,(H,33,35)/t28-/m1/s1. The Kier molecular flexibility index (Phi) is 6.13. The number of anilines is 2. The van der Waals surface area contributed by atoms with Gasteiger partial charge in [0.15, 0.2) is 17.6 Å². The van der Waals surface area contributed by atoms with Crippen molar-refractivity contribution in [2.45, 2.75) is 31.3 Å². The second kappa shape index (κ2) is 10.1. The van der Waals surface area contributed by atoms with Gasteiger partial charge in [0.05, 0.1) is 24.6 Å². The Morgan fingerprint density at radius 3 is 2.56 bits per heavy atom. The highest BCUT2D eigenvalue weighted by Gasteiger charge is 2.30. The number of morpholine rings is 1. The van der Waals surface area contributed by atoms with Crippen molar-refractivity contribution >= 4 is 23.2 Å². The number of ketones is 1. The van der Waals surface area contributed by atoms with Crippen LogP contribution in [0.25, 0.3) is 11.6 Å². The summed E-state index contributed by atoms with van der Waals surface area (Å²) in [5.41, 5.74) is 6.43. The van der Waals surface area contributed by atoms with Gasteiger partial charge in [0.1, 0.15) is 0 Å². The zero-order valence-electron chi connectivity index (χ0n) is 21.4. The number of hydrogen-bond donors (Lipinski definition) is 1. The number of carbonyl (C=O) groups is 1. The van der Waals surface area contributed by atoms with E-state index < -0.39 is 6.17 Å². The van der Waals surface area contributed by atoms with Gasteiger partial charge in [0.2, 0.25) is 0 Å². The predicted octanol–water partition coefficient (Wildman–Crippen LogP) is 4.25. The Bertz CT molecular complexity index is 1540. The third-order valence-corrected chi connectivity index (χ3v) is 7.42. The minimum absolute atomic E-state index is 0.0750. The lowest BCUT2D eigenvalue weighted by Gasteiger charge is -2.30. The van der Waals surface area contributed by atoms with Crippen LogP contribution in [0.2, 0.25) is 0 Å². The number of pyridine rings is 1. The van der Waals surface area contributed by atoms with Crippen molar-refractivity contribution in [1.82, 2.24) is 15.2 Å². The number of aliphatic imine (C=N–C) groups is 1. The molecule has 1 saturated heterocycles. The first-order valence-corrected chi connectivity index (χ1v) is 13.4. The first-order chi connectivity index (χ1) is 19.2. The van der Waals surface area contributed by atoms with Gasteiger partial charge < -0.3 is 19.4 Å². The molecule has 1 N–H and O–H groups in total. The first-order valence-electron chi connectivity index (χ1n) is 13.4. The van der Waals surface area contributed by atoms with Crippen molar-refractivity contribution in [3.05, 3.63) is 89.1 Å². The molecule has 1 aliphatic carbocycles. The summed E-state index contributed by atoms with van der Waals surface area (Å²) in [6.45, 7) is 2.88. The van der Waals surface area contributed by atoms with Gasteiger partial charge in [-0.2, -0.15) is 0 Å². The van der Waals surface area contributed by atoms with E-state index in [2.05, 4.69) is 26.5 Å². The second-order valence-corrected chi connectivity index (χ2v) is 10.1. The molecule has 196 valence electrons. The Hall–Kier alpha value is -4.37. The Morgan fingerprint density at radius 1 is 0.949 bits per heavy atom. The molecule has 2 aromatic heterocycles. The maximum absolute atomic E-state index is 13.3. The van der Waals surface area contributed by atoms with E-state index >= 15 is 0 Å². The molecule has 0 bridgehead atoms. The number of fused-ring (bicyclic) bond motifs is 1. The van der Waals surface area contributed by atoms with Crippen molar-refractivity contribution in [3.63, 3.8) is 0 Å². The van der Waals surface area contributed by atoms with Crippen LogP contribution in [0, 0.1) is 0 Å². The molecule has 3 aliphatic rings. The number of aromatic nitrogens is 3. The molecule has 39 heavy (non-hydrogen) atoms. The number of carbonyl (C=O) groups excluding carboxylic acids is 1. The number of benzene rings is 2. The SMILES string of the molecule is O=C1Cc2ccccc2C(c2ccccc2)=N[C@@H]1Nc1nnc(-c2ncc(C3CC3)cc2N2CCOCC2)o1. The van der Waals surface area contributed by atoms with Gasteiger partial charge in [-0.15, -0.1) is 5.10 Å². The summed E-state index contributed by atoms with van der Waals surface area (Å²) in [5.74, 6) is 0.806. The van der Waals surface area contributed by atoms with Crippen molar-refractivity contribution in [1.29, 1.82) is 0 Å². The molecule has 2 aliphatic heterocycles. The Morgan fingerprint density at radius 2 is 1.74 bits per heavy atom. The molecule has 0 unspecified atom stereocenters. The van der Waals surface area contributed by atoms with Gasteiger partial charge in [-0.05, 0) is 36.0 Å². The van der Waals surface area contributed by atoms with Crippen molar-refractivity contribution in [2.24, 2.45) is 4.99 Å². The molecule has 0 amide bonds. The molecule has 1 saturated carbocycles. The lowest BCUT2D eigenvalue weighted by molar-refractivity contribution is -0.119. The summed E-state index contributed by atoms with van der Waals surface area (Å²) < 4.78 is 11.6. The quantitative estimate of drug-likeness (QED) is 0.402. The lowest BCUT2D eigenvalue weighted by Crippen LogP contribution is -2.36. The molecule has 9 heteroatoms.